The molecule has 2 aliphatic rings. The number of fused-ring (bicyclic) bond motifs is 2. The smallest absolute Gasteiger partial charge is 0.341 e. The summed E-state index contributed by atoms with van der Waals surface area (Å²) in [6.07, 6.45) is 2.14. The summed E-state index contributed by atoms with van der Waals surface area (Å²) in [6, 6.07) is 8.05. The van der Waals surface area contributed by atoms with Gasteiger partial charge in [-0.1, -0.05) is 12.1 Å². The molecule has 9 nitrogen and oxygen atoms in total. The van der Waals surface area contributed by atoms with Crippen molar-refractivity contribution in [3.63, 3.8) is 0 Å². The second-order valence-electron chi connectivity index (χ2n) is 9.94. The van der Waals surface area contributed by atoms with Crippen LogP contribution in [0, 0.1) is 11.7 Å². The van der Waals surface area contributed by atoms with Gasteiger partial charge in [-0.3, -0.25) is 9.59 Å². The number of rotatable bonds is 4. The topological polar surface area (TPSA) is 133 Å². The lowest BCUT2D eigenvalue weighted by Gasteiger charge is -2.29. The Labute approximate surface area is 206 Å². The van der Waals surface area contributed by atoms with Crippen molar-refractivity contribution in [2.75, 3.05) is 18.0 Å². The van der Waals surface area contributed by atoms with Gasteiger partial charge in [0.1, 0.15) is 22.4 Å². The number of aromatic carboxylic acids is 1. The second kappa shape index (κ2) is 8.94. The number of ether oxygens (including phenoxy) is 2. The maximum atomic E-state index is 15.6. The van der Waals surface area contributed by atoms with Crippen LogP contribution in [0.1, 0.15) is 44.0 Å². The number of halogens is 1. The Kier molecular flexibility index (Phi) is 6.25. The Morgan fingerprint density at radius 1 is 1.25 bits per heavy atom. The van der Waals surface area contributed by atoms with Crippen molar-refractivity contribution in [2.24, 2.45) is 5.92 Å². The summed E-state index contributed by atoms with van der Waals surface area (Å²) in [7, 11) is 0. The minimum Gasteiger partial charge on any atom is -0.477 e. The van der Waals surface area contributed by atoms with Crippen LogP contribution in [-0.2, 0) is 9.53 Å². The number of carbonyl (C=O) groups excluding carboxylic acids is 1. The zero-order valence-corrected chi connectivity index (χ0v) is 20.3. The van der Waals surface area contributed by atoms with E-state index < -0.39 is 28.4 Å². The molecule has 0 bridgehead atoms. The molecule has 0 amide bonds. The molecule has 1 unspecified atom stereocenters. The lowest BCUT2D eigenvalue weighted by Crippen LogP contribution is -2.27. The van der Waals surface area contributed by atoms with E-state index in [1.807, 2.05) is 25.7 Å². The van der Waals surface area contributed by atoms with Crippen molar-refractivity contribution < 1.29 is 28.6 Å². The number of anilines is 1. The highest BCUT2D eigenvalue weighted by Gasteiger charge is 2.34. The van der Waals surface area contributed by atoms with E-state index >= 15 is 4.39 Å². The molecule has 0 aliphatic carbocycles. The third kappa shape index (κ3) is 4.28. The monoisotopic (exact) mass is 497 g/mol. The van der Waals surface area contributed by atoms with Gasteiger partial charge in [-0.15, -0.1) is 0 Å². The molecule has 1 fully saturated rings. The molecule has 190 valence electrons. The molecule has 36 heavy (non-hydrogen) atoms. The van der Waals surface area contributed by atoms with Crippen LogP contribution in [0.2, 0.25) is 0 Å². The van der Waals surface area contributed by atoms with Crippen molar-refractivity contribution in [2.45, 2.75) is 39.2 Å². The van der Waals surface area contributed by atoms with Gasteiger partial charge in [0.2, 0.25) is 5.43 Å². The Bertz CT molecular complexity index is 1440. The van der Waals surface area contributed by atoms with Crippen molar-refractivity contribution in [3.8, 4) is 17.2 Å². The summed E-state index contributed by atoms with van der Waals surface area (Å²) in [6.45, 7) is 6.34. The summed E-state index contributed by atoms with van der Waals surface area (Å²) in [5.41, 5.74) is -0.757. The molecule has 1 saturated heterocycles. The van der Waals surface area contributed by atoms with Gasteiger partial charge in [0.05, 0.1) is 17.5 Å². The predicted molar refractivity (Wildman–Crippen MR) is 132 cm³/mol. The van der Waals surface area contributed by atoms with Gasteiger partial charge in [-0.25, -0.2) is 9.18 Å². The van der Waals surface area contributed by atoms with Crippen molar-refractivity contribution in [1.29, 1.82) is 0 Å². The molecule has 0 radical (unpaired) electrons. The van der Waals surface area contributed by atoms with Gasteiger partial charge in [0, 0.05) is 19.3 Å². The standard InChI is InChI=1S/C26H25FN2O6.H3N/c1-26(2,3)35-20(30)10-14-8-9-28(12-14)22-17(27)11-15-21-24(22)34-19-7-5-4-6-18(19)29(21)13-16(23(15)31)25(32)33;/h4-7,11,13-14H,8-10,12H2,1-3H3,(H,32,33);1H3. The van der Waals surface area contributed by atoms with E-state index in [2.05, 4.69) is 0 Å². The first kappa shape index (κ1) is 25.2. The molecule has 2 aliphatic heterocycles. The van der Waals surface area contributed by atoms with Crippen LogP contribution in [0.5, 0.6) is 11.5 Å². The van der Waals surface area contributed by atoms with E-state index in [4.69, 9.17) is 9.47 Å². The SMILES string of the molecule is CC(C)(C)OC(=O)CC1CCN(c2c(F)cc3c(=O)c(C(=O)O)cn4c3c2Oc2ccccc2-4)C1.N. The lowest BCUT2D eigenvalue weighted by molar-refractivity contribution is -0.155. The van der Waals surface area contributed by atoms with Crippen molar-refractivity contribution in [3.05, 3.63) is 58.1 Å². The van der Waals surface area contributed by atoms with E-state index in [-0.39, 0.29) is 41.3 Å². The van der Waals surface area contributed by atoms with Crippen molar-refractivity contribution in [1.82, 2.24) is 10.7 Å². The number of benzene rings is 2. The van der Waals surface area contributed by atoms with Crippen LogP contribution < -0.4 is 21.2 Å². The fourth-order valence-electron chi connectivity index (χ4n) is 4.82. The first-order valence-corrected chi connectivity index (χ1v) is 11.4. The Morgan fingerprint density at radius 2 is 1.97 bits per heavy atom. The fourth-order valence-corrected chi connectivity index (χ4v) is 4.82. The highest BCUT2D eigenvalue weighted by Crippen LogP contribution is 2.47. The molecule has 4 N–H and O–H groups in total. The summed E-state index contributed by atoms with van der Waals surface area (Å²) in [4.78, 5) is 38.8. The number of hydrogen-bond acceptors (Lipinski definition) is 7. The molecule has 5 rings (SSSR count). The largest absolute Gasteiger partial charge is 0.477 e. The van der Waals surface area contributed by atoms with Crippen LogP contribution >= 0.6 is 0 Å². The molecule has 0 spiro atoms. The molecule has 1 atom stereocenters. The van der Waals surface area contributed by atoms with Gasteiger partial charge in [0.25, 0.3) is 0 Å². The van der Waals surface area contributed by atoms with Crippen LogP contribution in [0.25, 0.3) is 16.6 Å². The van der Waals surface area contributed by atoms with Crippen LogP contribution in [0.4, 0.5) is 10.1 Å². The Balaban J connectivity index is 0.00000304. The predicted octanol–water partition coefficient (Wildman–Crippen LogP) is 4.65. The molecule has 1 aromatic heterocycles. The molecule has 0 saturated carbocycles. The highest BCUT2D eigenvalue weighted by atomic mass is 19.1. The first-order valence-electron chi connectivity index (χ1n) is 11.4. The van der Waals surface area contributed by atoms with Gasteiger partial charge in [0.15, 0.2) is 17.3 Å². The number of hydrogen-bond donors (Lipinski definition) is 2. The molecule has 3 heterocycles. The van der Waals surface area contributed by atoms with Gasteiger partial charge < -0.3 is 30.2 Å². The van der Waals surface area contributed by atoms with E-state index in [9.17, 15) is 19.5 Å². The summed E-state index contributed by atoms with van der Waals surface area (Å²) < 4.78 is 28.7. The molecular weight excluding hydrogens is 469 g/mol. The highest BCUT2D eigenvalue weighted by molar-refractivity contribution is 5.99. The van der Waals surface area contributed by atoms with E-state index in [1.54, 1.807) is 28.8 Å². The second-order valence-corrected chi connectivity index (χ2v) is 9.94. The van der Waals surface area contributed by atoms with Gasteiger partial charge in [-0.2, -0.15) is 0 Å². The van der Waals surface area contributed by atoms with Gasteiger partial charge >= 0.3 is 11.9 Å². The normalized spacial score (nSPS) is 16.2. The number of carbonyl (C=O) groups is 2. The van der Waals surface area contributed by atoms with Crippen LogP contribution in [0.15, 0.2) is 41.3 Å². The van der Waals surface area contributed by atoms with E-state index in [1.165, 1.54) is 6.20 Å². The minimum atomic E-state index is -1.39. The zero-order chi connectivity index (χ0) is 25.1. The Morgan fingerprint density at radius 3 is 2.67 bits per heavy atom. The molecular formula is C26H28FN3O6. The quantitative estimate of drug-likeness (QED) is 0.389. The lowest BCUT2D eigenvalue weighted by atomic mass is 10.0. The Hall–Kier alpha value is -3.92. The number of carboxylic acids is 1. The molecule has 2 aromatic carbocycles. The van der Waals surface area contributed by atoms with Crippen LogP contribution in [-0.4, -0.2) is 40.3 Å². The molecule has 10 heteroatoms. The zero-order valence-electron chi connectivity index (χ0n) is 20.3. The number of para-hydroxylation sites is 2. The third-order valence-electron chi connectivity index (χ3n) is 6.22. The number of pyridine rings is 1. The number of aromatic nitrogens is 1. The third-order valence-corrected chi connectivity index (χ3v) is 6.22. The summed E-state index contributed by atoms with van der Waals surface area (Å²) >= 11 is 0. The minimum absolute atomic E-state index is 0. The average molecular weight is 498 g/mol. The van der Waals surface area contributed by atoms with Gasteiger partial charge in [-0.05, 0) is 51.3 Å². The van der Waals surface area contributed by atoms with Crippen molar-refractivity contribution >= 4 is 28.5 Å². The number of carboxylic acid groups (broad SMARTS) is 1. The maximum Gasteiger partial charge on any atom is 0.341 e. The average Bonchev–Trinajstić information content (AvgIpc) is 3.21. The number of nitrogens with zero attached hydrogens (tertiary/aromatic N) is 2. The first-order chi connectivity index (χ1) is 16.5. The number of esters is 1. The fraction of sp³-hybridized carbons (Fsp3) is 0.346. The van der Waals surface area contributed by atoms with E-state index in [0.29, 0.717) is 36.5 Å². The van der Waals surface area contributed by atoms with E-state index in [0.717, 1.165) is 6.07 Å². The summed E-state index contributed by atoms with van der Waals surface area (Å²) in [5.74, 6) is -1.83. The molecule has 3 aromatic rings. The maximum absolute atomic E-state index is 15.6. The summed E-state index contributed by atoms with van der Waals surface area (Å²) in [5, 5.41) is 9.49. The van der Waals surface area contributed by atoms with Crippen LogP contribution in [0.3, 0.4) is 0 Å².